The fraction of sp³-hybridized carbons (Fsp3) is 0.429. The fourth-order valence-electron chi connectivity index (χ4n) is 1.81. The molecule has 0 spiro atoms. The Hall–Kier alpha value is -1.55. The summed E-state index contributed by atoms with van der Waals surface area (Å²) in [6.45, 7) is 5.16. The molecule has 4 nitrogen and oxygen atoms in total. The summed E-state index contributed by atoms with van der Waals surface area (Å²) in [5.41, 5.74) is 1.63. The van der Waals surface area contributed by atoms with Gasteiger partial charge in [0.05, 0.1) is 6.42 Å². The number of aryl methyl sites for hydroxylation is 1. The van der Waals surface area contributed by atoms with E-state index >= 15 is 0 Å². The number of benzene rings is 1. The van der Waals surface area contributed by atoms with Crippen LogP contribution in [-0.2, 0) is 16.0 Å². The molecule has 0 aromatic heterocycles. The monoisotopic (exact) mass is 283 g/mol. The molecule has 1 N–H and O–H groups in total. The van der Waals surface area contributed by atoms with E-state index in [1.807, 2.05) is 19.1 Å². The van der Waals surface area contributed by atoms with Gasteiger partial charge in [0.15, 0.2) is 0 Å². The molecule has 19 heavy (non-hydrogen) atoms. The van der Waals surface area contributed by atoms with Crippen LogP contribution in [0.5, 0.6) is 0 Å². The normalized spacial score (nSPS) is 10.6. The number of nitrogens with zero attached hydrogens (tertiary/aromatic N) is 1. The first-order valence-electron chi connectivity index (χ1n) is 6.08. The molecule has 1 amide bonds. The van der Waals surface area contributed by atoms with E-state index in [0.29, 0.717) is 5.02 Å². The number of carboxylic acid groups (broad SMARTS) is 1. The quantitative estimate of drug-likeness (QED) is 0.903. The average molecular weight is 284 g/mol. The highest BCUT2D eigenvalue weighted by Gasteiger charge is 2.20. The highest BCUT2D eigenvalue weighted by atomic mass is 35.5. The number of carbonyl (C=O) groups excluding carboxylic acids is 1. The lowest BCUT2D eigenvalue weighted by Gasteiger charge is -2.25. The first-order valence-corrected chi connectivity index (χ1v) is 6.46. The number of amides is 1. The molecule has 0 radical (unpaired) electrons. The van der Waals surface area contributed by atoms with Crippen molar-refractivity contribution in [2.24, 2.45) is 0 Å². The molecule has 0 aliphatic heterocycles. The van der Waals surface area contributed by atoms with Gasteiger partial charge in [0.2, 0.25) is 5.91 Å². The van der Waals surface area contributed by atoms with Gasteiger partial charge in [-0.1, -0.05) is 29.8 Å². The molecule has 0 aliphatic rings. The van der Waals surface area contributed by atoms with Gasteiger partial charge in [-0.05, 0) is 31.9 Å². The van der Waals surface area contributed by atoms with E-state index in [2.05, 4.69) is 0 Å². The van der Waals surface area contributed by atoms with Crippen LogP contribution in [0.4, 0.5) is 0 Å². The molecule has 0 heterocycles. The molecular weight excluding hydrogens is 266 g/mol. The smallest absolute Gasteiger partial charge is 0.323 e. The van der Waals surface area contributed by atoms with Crippen LogP contribution in [0.1, 0.15) is 25.0 Å². The molecule has 1 rings (SSSR count). The second kappa shape index (κ2) is 6.57. The maximum Gasteiger partial charge on any atom is 0.323 e. The van der Waals surface area contributed by atoms with Crippen molar-refractivity contribution in [1.29, 1.82) is 0 Å². The Morgan fingerprint density at radius 2 is 2.00 bits per heavy atom. The van der Waals surface area contributed by atoms with Crippen molar-refractivity contribution in [3.05, 3.63) is 34.3 Å². The van der Waals surface area contributed by atoms with Gasteiger partial charge in [0, 0.05) is 11.1 Å². The van der Waals surface area contributed by atoms with E-state index in [9.17, 15) is 9.59 Å². The summed E-state index contributed by atoms with van der Waals surface area (Å²) in [7, 11) is 0. The lowest BCUT2D eigenvalue weighted by molar-refractivity contribution is -0.145. The Morgan fingerprint density at radius 1 is 1.37 bits per heavy atom. The van der Waals surface area contributed by atoms with E-state index < -0.39 is 5.97 Å². The zero-order chi connectivity index (χ0) is 14.6. The number of rotatable bonds is 5. The Balaban J connectivity index is 2.87. The number of carbonyl (C=O) groups is 2. The number of carboxylic acids is 1. The Kier molecular flexibility index (Phi) is 5.36. The predicted octanol–water partition coefficient (Wildman–Crippen LogP) is 2.51. The standard InChI is InChI=1S/C14H18ClNO3/c1-9(2)16(8-13(18)19)12(17)7-11-6-4-5-10(3)14(11)15/h4-6,9H,7-8H2,1-3H3,(H,18,19). The lowest BCUT2D eigenvalue weighted by Crippen LogP contribution is -2.41. The molecule has 5 heteroatoms. The molecule has 0 fully saturated rings. The average Bonchev–Trinajstić information content (AvgIpc) is 2.31. The Morgan fingerprint density at radius 3 is 2.53 bits per heavy atom. The van der Waals surface area contributed by atoms with Crippen LogP contribution in [0.25, 0.3) is 0 Å². The number of halogens is 1. The Bertz CT molecular complexity index is 486. The second-order valence-electron chi connectivity index (χ2n) is 4.73. The zero-order valence-electron chi connectivity index (χ0n) is 11.3. The van der Waals surface area contributed by atoms with Crippen molar-refractivity contribution >= 4 is 23.5 Å². The van der Waals surface area contributed by atoms with Crippen molar-refractivity contribution in [3.63, 3.8) is 0 Å². The molecule has 0 unspecified atom stereocenters. The fourth-order valence-corrected chi connectivity index (χ4v) is 2.01. The van der Waals surface area contributed by atoms with Crippen molar-refractivity contribution in [3.8, 4) is 0 Å². The lowest BCUT2D eigenvalue weighted by atomic mass is 10.1. The van der Waals surface area contributed by atoms with Gasteiger partial charge in [-0.3, -0.25) is 9.59 Å². The number of hydrogen-bond acceptors (Lipinski definition) is 2. The third kappa shape index (κ3) is 4.24. The van der Waals surface area contributed by atoms with E-state index in [0.717, 1.165) is 11.1 Å². The van der Waals surface area contributed by atoms with Crippen LogP contribution < -0.4 is 0 Å². The van der Waals surface area contributed by atoms with Gasteiger partial charge in [-0.25, -0.2) is 0 Å². The third-order valence-electron chi connectivity index (χ3n) is 2.86. The summed E-state index contributed by atoms with van der Waals surface area (Å²) in [5, 5.41) is 9.39. The summed E-state index contributed by atoms with van der Waals surface area (Å²) >= 11 is 6.14. The maximum absolute atomic E-state index is 12.2. The van der Waals surface area contributed by atoms with E-state index in [4.69, 9.17) is 16.7 Å². The summed E-state index contributed by atoms with van der Waals surface area (Å²) in [5.74, 6) is -1.25. The van der Waals surface area contributed by atoms with E-state index in [1.54, 1.807) is 19.9 Å². The summed E-state index contributed by atoms with van der Waals surface area (Å²) in [6, 6.07) is 5.33. The summed E-state index contributed by atoms with van der Waals surface area (Å²) < 4.78 is 0. The molecule has 1 aromatic carbocycles. The first-order chi connectivity index (χ1) is 8.82. The molecule has 0 bridgehead atoms. The molecule has 0 saturated carbocycles. The van der Waals surface area contributed by atoms with Crippen molar-refractivity contribution < 1.29 is 14.7 Å². The van der Waals surface area contributed by atoms with Crippen LogP contribution in [0, 0.1) is 6.92 Å². The number of hydrogen-bond donors (Lipinski definition) is 1. The third-order valence-corrected chi connectivity index (χ3v) is 3.40. The molecule has 104 valence electrons. The van der Waals surface area contributed by atoms with E-state index in [1.165, 1.54) is 4.90 Å². The highest BCUT2D eigenvalue weighted by molar-refractivity contribution is 6.32. The molecule has 0 saturated heterocycles. The van der Waals surface area contributed by atoms with E-state index in [-0.39, 0.29) is 24.9 Å². The van der Waals surface area contributed by atoms with Gasteiger partial charge in [-0.15, -0.1) is 0 Å². The summed E-state index contributed by atoms with van der Waals surface area (Å²) in [4.78, 5) is 24.3. The molecular formula is C14H18ClNO3. The van der Waals surface area contributed by atoms with Crippen LogP contribution in [0.2, 0.25) is 5.02 Å². The minimum absolute atomic E-state index is 0.117. The minimum Gasteiger partial charge on any atom is -0.480 e. The van der Waals surface area contributed by atoms with Crippen LogP contribution in [0.15, 0.2) is 18.2 Å². The van der Waals surface area contributed by atoms with Crippen molar-refractivity contribution in [2.45, 2.75) is 33.2 Å². The van der Waals surface area contributed by atoms with Crippen molar-refractivity contribution in [2.75, 3.05) is 6.54 Å². The first kappa shape index (κ1) is 15.5. The predicted molar refractivity (Wildman–Crippen MR) is 74.4 cm³/mol. The second-order valence-corrected chi connectivity index (χ2v) is 5.11. The highest BCUT2D eigenvalue weighted by Crippen LogP contribution is 2.21. The van der Waals surface area contributed by atoms with Gasteiger partial charge >= 0.3 is 5.97 Å². The minimum atomic E-state index is -1.02. The SMILES string of the molecule is Cc1cccc(CC(=O)N(CC(=O)O)C(C)C)c1Cl. The zero-order valence-corrected chi connectivity index (χ0v) is 12.1. The number of aliphatic carboxylic acids is 1. The molecule has 1 aromatic rings. The van der Waals surface area contributed by atoms with Gasteiger partial charge in [0.1, 0.15) is 6.54 Å². The van der Waals surface area contributed by atoms with Crippen LogP contribution in [0.3, 0.4) is 0 Å². The topological polar surface area (TPSA) is 57.6 Å². The molecule has 0 atom stereocenters. The van der Waals surface area contributed by atoms with Crippen molar-refractivity contribution in [1.82, 2.24) is 4.90 Å². The van der Waals surface area contributed by atoms with Gasteiger partial charge in [-0.2, -0.15) is 0 Å². The Labute approximate surface area is 118 Å². The maximum atomic E-state index is 12.2. The van der Waals surface area contributed by atoms with Crippen LogP contribution in [-0.4, -0.2) is 34.5 Å². The summed E-state index contributed by atoms with van der Waals surface area (Å²) in [6.07, 6.45) is 0.117. The van der Waals surface area contributed by atoms with Gasteiger partial charge < -0.3 is 10.0 Å². The van der Waals surface area contributed by atoms with Crippen LogP contribution >= 0.6 is 11.6 Å². The molecule has 0 aliphatic carbocycles. The van der Waals surface area contributed by atoms with Gasteiger partial charge in [0.25, 0.3) is 0 Å². The largest absolute Gasteiger partial charge is 0.480 e.